The highest BCUT2D eigenvalue weighted by molar-refractivity contribution is 5.83. The molecule has 1 rings (SSSR count). The topological polar surface area (TPSA) is 29.1 Å². The zero-order chi connectivity index (χ0) is 6.69. The van der Waals surface area contributed by atoms with Gasteiger partial charge >= 0.3 is 0 Å². The summed E-state index contributed by atoms with van der Waals surface area (Å²) in [6.07, 6.45) is 3.50. The molecule has 0 aromatic rings. The van der Waals surface area contributed by atoms with Crippen LogP contribution in [-0.2, 0) is 4.79 Å². The van der Waals surface area contributed by atoms with Gasteiger partial charge in [-0.2, -0.15) is 0 Å². The monoisotopic (exact) mass is 127 g/mol. The van der Waals surface area contributed by atoms with Crippen molar-refractivity contribution in [2.24, 2.45) is 5.92 Å². The van der Waals surface area contributed by atoms with Crippen LogP contribution in [0.1, 0.15) is 19.3 Å². The van der Waals surface area contributed by atoms with Crippen LogP contribution < -0.4 is 5.32 Å². The van der Waals surface area contributed by atoms with E-state index in [2.05, 4.69) is 5.32 Å². The predicted molar refractivity (Wildman–Crippen MR) is 36.3 cm³/mol. The largest absolute Gasteiger partial charge is 0.313 e. The van der Waals surface area contributed by atoms with E-state index >= 15 is 0 Å². The Kier molecular flexibility index (Phi) is 2.22. The van der Waals surface area contributed by atoms with Crippen molar-refractivity contribution < 1.29 is 4.79 Å². The minimum atomic E-state index is 0.392. The van der Waals surface area contributed by atoms with Gasteiger partial charge < -0.3 is 5.32 Å². The SMILES string of the molecule is CNCC(=O)C1CCC1. The molecule has 0 radical (unpaired) electrons. The smallest absolute Gasteiger partial charge is 0.149 e. The van der Waals surface area contributed by atoms with Gasteiger partial charge in [0, 0.05) is 5.92 Å². The second-order valence-electron chi connectivity index (χ2n) is 2.62. The van der Waals surface area contributed by atoms with Gasteiger partial charge in [0.15, 0.2) is 0 Å². The zero-order valence-corrected chi connectivity index (χ0v) is 5.81. The Balaban J connectivity index is 2.16. The second-order valence-corrected chi connectivity index (χ2v) is 2.62. The molecule has 1 aliphatic carbocycles. The number of carbonyl (C=O) groups excluding carboxylic acids is 1. The lowest BCUT2D eigenvalue weighted by atomic mass is 9.82. The molecule has 1 N–H and O–H groups in total. The number of rotatable bonds is 3. The van der Waals surface area contributed by atoms with Crippen molar-refractivity contribution in [1.29, 1.82) is 0 Å². The number of hydrogen-bond donors (Lipinski definition) is 1. The standard InChI is InChI=1S/C7H13NO/c1-8-5-7(9)6-3-2-4-6/h6,8H,2-5H2,1H3. The molecular formula is C7H13NO. The molecule has 9 heavy (non-hydrogen) atoms. The number of nitrogens with one attached hydrogen (secondary N) is 1. The van der Waals surface area contributed by atoms with Crippen molar-refractivity contribution in [2.45, 2.75) is 19.3 Å². The molecule has 1 aliphatic rings. The summed E-state index contributed by atoms with van der Waals surface area (Å²) in [6, 6.07) is 0. The number of likely N-dealkylation sites (N-methyl/N-ethyl adjacent to an activating group) is 1. The second kappa shape index (κ2) is 2.97. The summed E-state index contributed by atoms with van der Waals surface area (Å²) in [5, 5.41) is 2.87. The van der Waals surface area contributed by atoms with Gasteiger partial charge in [0.05, 0.1) is 6.54 Å². The average molecular weight is 127 g/mol. The van der Waals surface area contributed by atoms with Crippen LogP contribution in [0, 0.1) is 5.92 Å². The first-order chi connectivity index (χ1) is 4.34. The molecule has 0 bridgehead atoms. The van der Waals surface area contributed by atoms with Gasteiger partial charge in [0.25, 0.3) is 0 Å². The lowest BCUT2D eigenvalue weighted by molar-refractivity contribution is -0.124. The van der Waals surface area contributed by atoms with Crippen molar-refractivity contribution in [3.63, 3.8) is 0 Å². The summed E-state index contributed by atoms with van der Waals surface area (Å²) in [5.41, 5.74) is 0. The third-order valence-electron chi connectivity index (χ3n) is 1.91. The highest BCUT2D eigenvalue weighted by Crippen LogP contribution is 2.26. The van der Waals surface area contributed by atoms with E-state index in [4.69, 9.17) is 0 Å². The fraction of sp³-hybridized carbons (Fsp3) is 0.857. The maximum Gasteiger partial charge on any atom is 0.149 e. The molecule has 2 nitrogen and oxygen atoms in total. The molecule has 2 heteroatoms. The van der Waals surface area contributed by atoms with Gasteiger partial charge in [-0.3, -0.25) is 4.79 Å². The first kappa shape index (κ1) is 6.75. The van der Waals surface area contributed by atoms with Crippen molar-refractivity contribution in [3.8, 4) is 0 Å². The first-order valence-electron chi connectivity index (χ1n) is 3.52. The highest BCUT2D eigenvalue weighted by Gasteiger charge is 2.23. The van der Waals surface area contributed by atoms with E-state index in [0.29, 0.717) is 18.2 Å². The van der Waals surface area contributed by atoms with Crippen molar-refractivity contribution in [3.05, 3.63) is 0 Å². The third-order valence-corrected chi connectivity index (χ3v) is 1.91. The Morgan fingerprint density at radius 1 is 1.67 bits per heavy atom. The fourth-order valence-electron chi connectivity index (χ4n) is 1.05. The molecule has 0 heterocycles. The van der Waals surface area contributed by atoms with Gasteiger partial charge in [-0.25, -0.2) is 0 Å². The Bertz CT molecular complexity index is 107. The summed E-state index contributed by atoms with van der Waals surface area (Å²) < 4.78 is 0. The van der Waals surface area contributed by atoms with Crippen LogP contribution in [-0.4, -0.2) is 19.4 Å². The molecule has 52 valence electrons. The van der Waals surface area contributed by atoms with Crippen LogP contribution in [0.5, 0.6) is 0 Å². The lowest BCUT2D eigenvalue weighted by Gasteiger charge is -2.23. The van der Waals surface area contributed by atoms with Crippen LogP contribution in [0.3, 0.4) is 0 Å². The van der Waals surface area contributed by atoms with Crippen LogP contribution in [0.2, 0.25) is 0 Å². The maximum absolute atomic E-state index is 11.0. The molecule has 0 atom stereocenters. The van der Waals surface area contributed by atoms with Gasteiger partial charge in [0.1, 0.15) is 5.78 Å². The van der Waals surface area contributed by atoms with E-state index in [9.17, 15) is 4.79 Å². The lowest BCUT2D eigenvalue weighted by Crippen LogP contribution is -2.29. The quantitative estimate of drug-likeness (QED) is 0.600. The van der Waals surface area contributed by atoms with E-state index in [1.807, 2.05) is 7.05 Å². The summed E-state index contributed by atoms with van der Waals surface area (Å²) in [7, 11) is 1.82. The minimum Gasteiger partial charge on any atom is -0.313 e. The zero-order valence-electron chi connectivity index (χ0n) is 5.81. The Morgan fingerprint density at radius 2 is 2.33 bits per heavy atom. The van der Waals surface area contributed by atoms with Crippen LogP contribution in [0.15, 0.2) is 0 Å². The number of ketones is 1. The molecule has 0 aliphatic heterocycles. The summed E-state index contributed by atoms with van der Waals surface area (Å²) >= 11 is 0. The Morgan fingerprint density at radius 3 is 2.67 bits per heavy atom. The van der Waals surface area contributed by atoms with Crippen molar-refractivity contribution in [2.75, 3.05) is 13.6 Å². The number of Topliss-reactive ketones (excluding diaryl/α,β-unsaturated/α-hetero) is 1. The molecule has 0 aromatic carbocycles. The molecular weight excluding hydrogens is 114 g/mol. The van der Waals surface area contributed by atoms with Crippen LogP contribution >= 0.6 is 0 Å². The van der Waals surface area contributed by atoms with E-state index in [1.165, 1.54) is 6.42 Å². The summed E-state index contributed by atoms with van der Waals surface area (Å²) in [6.45, 7) is 0.560. The van der Waals surface area contributed by atoms with E-state index < -0.39 is 0 Å². The molecule has 0 amide bonds. The van der Waals surface area contributed by atoms with Crippen molar-refractivity contribution in [1.82, 2.24) is 5.32 Å². The first-order valence-corrected chi connectivity index (χ1v) is 3.52. The third kappa shape index (κ3) is 1.52. The molecule has 0 aromatic heterocycles. The van der Waals surface area contributed by atoms with Gasteiger partial charge in [0.2, 0.25) is 0 Å². The Hall–Kier alpha value is -0.370. The summed E-state index contributed by atoms with van der Waals surface area (Å²) in [4.78, 5) is 11.0. The normalized spacial score (nSPS) is 19.2. The number of carbonyl (C=O) groups is 1. The fourth-order valence-corrected chi connectivity index (χ4v) is 1.05. The Labute approximate surface area is 55.6 Å². The minimum absolute atomic E-state index is 0.392. The predicted octanol–water partition coefficient (Wildman–Crippen LogP) is 0.575. The van der Waals surface area contributed by atoms with Crippen molar-refractivity contribution >= 4 is 5.78 Å². The van der Waals surface area contributed by atoms with E-state index in [1.54, 1.807) is 0 Å². The van der Waals surface area contributed by atoms with Gasteiger partial charge in [-0.05, 0) is 19.9 Å². The highest BCUT2D eigenvalue weighted by atomic mass is 16.1. The van der Waals surface area contributed by atoms with Gasteiger partial charge in [-0.15, -0.1) is 0 Å². The molecule has 0 spiro atoms. The average Bonchev–Trinajstić information content (AvgIpc) is 1.60. The molecule has 1 fully saturated rings. The van der Waals surface area contributed by atoms with Gasteiger partial charge in [-0.1, -0.05) is 6.42 Å². The van der Waals surface area contributed by atoms with E-state index in [0.717, 1.165) is 12.8 Å². The molecule has 1 saturated carbocycles. The van der Waals surface area contributed by atoms with Crippen LogP contribution in [0.25, 0.3) is 0 Å². The molecule has 0 saturated heterocycles. The van der Waals surface area contributed by atoms with E-state index in [-0.39, 0.29) is 0 Å². The molecule has 0 unspecified atom stereocenters. The van der Waals surface area contributed by atoms with Crippen LogP contribution in [0.4, 0.5) is 0 Å². The summed E-state index contributed by atoms with van der Waals surface area (Å²) in [5.74, 6) is 0.793. The number of hydrogen-bond acceptors (Lipinski definition) is 2. The maximum atomic E-state index is 11.0.